The lowest BCUT2D eigenvalue weighted by molar-refractivity contribution is -0.137. The molecule has 0 amide bonds. The summed E-state index contributed by atoms with van der Waals surface area (Å²) in [6.45, 7) is 0. The number of aliphatic carboxylic acids is 1. The van der Waals surface area contributed by atoms with Crippen molar-refractivity contribution >= 4 is 16.7 Å². The summed E-state index contributed by atoms with van der Waals surface area (Å²) < 4.78 is 17.1. The Morgan fingerprint density at radius 1 is 0.788 bits per heavy atom. The van der Waals surface area contributed by atoms with Crippen LogP contribution in [0.15, 0.2) is 78.9 Å². The summed E-state index contributed by atoms with van der Waals surface area (Å²) in [6.07, 6.45) is 1.50. The average Bonchev–Trinajstić information content (AvgIpc) is 2.85. The number of benzene rings is 4. The fourth-order valence-electron chi connectivity index (χ4n) is 3.80. The zero-order valence-corrected chi connectivity index (χ0v) is 18.7. The van der Waals surface area contributed by atoms with Crippen LogP contribution >= 0.6 is 0 Å². The Balaban J connectivity index is 1.69. The van der Waals surface area contributed by atoms with Crippen molar-refractivity contribution in [2.45, 2.75) is 19.3 Å². The van der Waals surface area contributed by atoms with Crippen LogP contribution in [-0.2, 0) is 11.2 Å². The zero-order valence-electron chi connectivity index (χ0n) is 18.7. The number of carboxylic acid groups (broad SMARTS) is 1. The van der Waals surface area contributed by atoms with Gasteiger partial charge in [-0.25, -0.2) is 0 Å². The van der Waals surface area contributed by atoms with E-state index in [1.165, 1.54) is 0 Å². The molecule has 4 aromatic rings. The summed E-state index contributed by atoms with van der Waals surface area (Å²) in [6, 6.07) is 25.8. The number of rotatable bonds is 9. The number of aryl methyl sites for hydroxylation is 1. The summed E-state index contributed by atoms with van der Waals surface area (Å²) >= 11 is 0. The number of methoxy groups -OCH3 is 2. The van der Waals surface area contributed by atoms with Gasteiger partial charge in [-0.3, -0.25) is 4.79 Å². The molecule has 33 heavy (non-hydrogen) atoms. The monoisotopic (exact) mass is 442 g/mol. The van der Waals surface area contributed by atoms with Gasteiger partial charge in [0.1, 0.15) is 23.0 Å². The molecule has 0 radical (unpaired) electrons. The minimum atomic E-state index is -0.770. The molecular weight excluding hydrogens is 416 g/mol. The largest absolute Gasteiger partial charge is 0.497 e. The maximum absolute atomic E-state index is 10.7. The highest BCUT2D eigenvalue weighted by molar-refractivity contribution is 5.96. The first-order valence-corrected chi connectivity index (χ1v) is 10.8. The highest BCUT2D eigenvalue weighted by Crippen LogP contribution is 2.41. The quantitative estimate of drug-likeness (QED) is 0.312. The fraction of sp³-hybridized carbons (Fsp3) is 0.179. The van der Waals surface area contributed by atoms with Crippen molar-refractivity contribution in [2.75, 3.05) is 14.2 Å². The van der Waals surface area contributed by atoms with E-state index in [9.17, 15) is 4.79 Å². The second-order valence-electron chi connectivity index (χ2n) is 7.75. The molecule has 0 saturated heterocycles. The van der Waals surface area contributed by atoms with Crippen molar-refractivity contribution in [2.24, 2.45) is 0 Å². The molecule has 0 aliphatic heterocycles. The van der Waals surface area contributed by atoms with E-state index in [0.29, 0.717) is 6.42 Å². The number of carbonyl (C=O) groups is 1. The van der Waals surface area contributed by atoms with Gasteiger partial charge < -0.3 is 19.3 Å². The van der Waals surface area contributed by atoms with Crippen molar-refractivity contribution in [1.82, 2.24) is 0 Å². The van der Waals surface area contributed by atoms with Crippen LogP contribution in [0.2, 0.25) is 0 Å². The molecule has 0 saturated carbocycles. The first-order chi connectivity index (χ1) is 16.1. The summed E-state index contributed by atoms with van der Waals surface area (Å²) in [4.78, 5) is 10.7. The summed E-state index contributed by atoms with van der Waals surface area (Å²) in [5.74, 6) is 2.30. The Bertz CT molecular complexity index is 1240. The lowest BCUT2D eigenvalue weighted by Crippen LogP contribution is -1.96. The van der Waals surface area contributed by atoms with Crippen LogP contribution in [0.1, 0.15) is 18.4 Å². The van der Waals surface area contributed by atoms with Crippen LogP contribution in [-0.4, -0.2) is 25.3 Å². The molecule has 0 aliphatic rings. The Morgan fingerprint density at radius 3 is 2.12 bits per heavy atom. The highest BCUT2D eigenvalue weighted by atomic mass is 16.5. The van der Waals surface area contributed by atoms with Crippen LogP contribution in [0, 0.1) is 0 Å². The van der Waals surface area contributed by atoms with Crippen LogP contribution < -0.4 is 14.2 Å². The van der Waals surface area contributed by atoms with Gasteiger partial charge in [-0.1, -0.05) is 30.3 Å². The van der Waals surface area contributed by atoms with Crippen LogP contribution in [0.25, 0.3) is 21.9 Å². The van der Waals surface area contributed by atoms with Gasteiger partial charge in [0.2, 0.25) is 0 Å². The minimum Gasteiger partial charge on any atom is -0.497 e. The Hall–Kier alpha value is -3.99. The molecule has 0 spiro atoms. The first kappa shape index (κ1) is 22.2. The third-order valence-corrected chi connectivity index (χ3v) is 5.58. The van der Waals surface area contributed by atoms with E-state index in [2.05, 4.69) is 12.1 Å². The molecule has 168 valence electrons. The Morgan fingerprint density at radius 2 is 1.45 bits per heavy atom. The van der Waals surface area contributed by atoms with Gasteiger partial charge >= 0.3 is 5.97 Å². The molecule has 5 heteroatoms. The molecule has 0 atom stereocenters. The molecule has 4 rings (SSSR count). The second-order valence-corrected chi connectivity index (χ2v) is 7.75. The molecule has 0 heterocycles. The van der Waals surface area contributed by atoms with Crippen molar-refractivity contribution in [1.29, 1.82) is 0 Å². The molecule has 4 aromatic carbocycles. The summed E-state index contributed by atoms with van der Waals surface area (Å²) in [5, 5.41) is 10.8. The van der Waals surface area contributed by atoms with E-state index in [1.54, 1.807) is 14.2 Å². The smallest absolute Gasteiger partial charge is 0.303 e. The van der Waals surface area contributed by atoms with Gasteiger partial charge in [0.05, 0.1) is 14.2 Å². The number of hydrogen-bond donors (Lipinski definition) is 1. The van der Waals surface area contributed by atoms with Crippen molar-refractivity contribution in [3.8, 4) is 34.1 Å². The maximum Gasteiger partial charge on any atom is 0.303 e. The second kappa shape index (κ2) is 10.1. The van der Waals surface area contributed by atoms with E-state index in [4.69, 9.17) is 19.3 Å². The molecule has 0 aromatic heterocycles. The topological polar surface area (TPSA) is 65.0 Å². The maximum atomic E-state index is 10.7. The average molecular weight is 443 g/mol. The highest BCUT2D eigenvalue weighted by Gasteiger charge is 2.13. The predicted molar refractivity (Wildman–Crippen MR) is 130 cm³/mol. The SMILES string of the molecule is COc1ccc(-c2ccc3cc(OC)ccc3c2Oc2ccc(CCCC(=O)O)cc2)cc1. The number of carboxylic acids is 1. The third-order valence-electron chi connectivity index (χ3n) is 5.58. The zero-order chi connectivity index (χ0) is 23.2. The molecule has 0 bridgehead atoms. The van der Waals surface area contributed by atoms with E-state index >= 15 is 0 Å². The van der Waals surface area contributed by atoms with E-state index in [1.807, 2.05) is 66.7 Å². The molecule has 0 fully saturated rings. The lowest BCUT2D eigenvalue weighted by atomic mass is 9.99. The van der Waals surface area contributed by atoms with Crippen molar-refractivity contribution in [3.05, 3.63) is 84.4 Å². The van der Waals surface area contributed by atoms with Crippen molar-refractivity contribution in [3.63, 3.8) is 0 Å². The van der Waals surface area contributed by atoms with Crippen molar-refractivity contribution < 1.29 is 24.1 Å². The van der Waals surface area contributed by atoms with Gasteiger partial charge in [0, 0.05) is 17.4 Å². The predicted octanol–water partition coefficient (Wildman–Crippen LogP) is 6.72. The van der Waals surface area contributed by atoms with E-state index < -0.39 is 5.97 Å². The van der Waals surface area contributed by atoms with E-state index in [0.717, 1.165) is 56.9 Å². The minimum absolute atomic E-state index is 0.170. The summed E-state index contributed by atoms with van der Waals surface area (Å²) in [7, 11) is 3.31. The number of hydrogen-bond acceptors (Lipinski definition) is 4. The summed E-state index contributed by atoms with van der Waals surface area (Å²) in [5.41, 5.74) is 3.08. The van der Waals surface area contributed by atoms with Gasteiger partial charge in [-0.15, -0.1) is 0 Å². The lowest BCUT2D eigenvalue weighted by Gasteiger charge is -2.16. The van der Waals surface area contributed by atoms with Gasteiger partial charge in [0.15, 0.2) is 0 Å². The molecule has 0 aliphatic carbocycles. The molecule has 5 nitrogen and oxygen atoms in total. The number of fused-ring (bicyclic) bond motifs is 1. The molecule has 1 N–H and O–H groups in total. The third kappa shape index (κ3) is 5.26. The van der Waals surface area contributed by atoms with Crippen LogP contribution in [0.3, 0.4) is 0 Å². The Kier molecular flexibility index (Phi) is 6.79. The standard InChI is InChI=1S/C28H26O5/c1-31-22-13-8-20(9-14-22)25-16-10-21-18-24(32-2)15-17-26(21)28(25)33-23-11-6-19(7-12-23)4-3-5-27(29)30/h6-18H,3-5H2,1-2H3,(H,29,30). The fourth-order valence-corrected chi connectivity index (χ4v) is 3.80. The number of ether oxygens (including phenoxy) is 3. The van der Waals surface area contributed by atoms with Gasteiger partial charge in [-0.2, -0.15) is 0 Å². The molecule has 0 unspecified atom stereocenters. The first-order valence-electron chi connectivity index (χ1n) is 10.8. The van der Waals surface area contributed by atoms with Gasteiger partial charge in [0.25, 0.3) is 0 Å². The van der Waals surface area contributed by atoms with E-state index in [-0.39, 0.29) is 6.42 Å². The van der Waals surface area contributed by atoms with Gasteiger partial charge in [-0.05, 0) is 77.9 Å². The normalized spacial score (nSPS) is 10.7. The Labute approximate surface area is 193 Å². The molecular formula is C28H26O5. The van der Waals surface area contributed by atoms with Crippen LogP contribution in [0.4, 0.5) is 0 Å². The van der Waals surface area contributed by atoms with Crippen LogP contribution in [0.5, 0.6) is 23.0 Å².